The van der Waals surface area contributed by atoms with Gasteiger partial charge in [-0.3, -0.25) is 0 Å². The molecule has 1 aromatic carbocycles. The minimum Gasteiger partial charge on any atom is -0.393 e. The average molecular weight is 275 g/mol. The molecule has 98 valence electrons. The van der Waals surface area contributed by atoms with Crippen LogP contribution in [0.2, 0.25) is 5.15 Å². The molecule has 2 N–H and O–H groups in total. The highest BCUT2D eigenvalue weighted by Crippen LogP contribution is 2.39. The maximum Gasteiger partial charge on any atom is 0.161 e. The molecule has 0 saturated carbocycles. The van der Waals surface area contributed by atoms with Crippen LogP contribution in [0.4, 0.5) is 17.2 Å². The van der Waals surface area contributed by atoms with Crippen molar-refractivity contribution in [2.24, 2.45) is 0 Å². The molecule has 19 heavy (non-hydrogen) atoms. The molecule has 5 heteroatoms. The van der Waals surface area contributed by atoms with E-state index in [9.17, 15) is 0 Å². The molecule has 1 aliphatic rings. The van der Waals surface area contributed by atoms with E-state index < -0.39 is 0 Å². The summed E-state index contributed by atoms with van der Waals surface area (Å²) in [4.78, 5) is 10.4. The van der Waals surface area contributed by atoms with E-state index in [4.69, 9.17) is 17.3 Å². The lowest BCUT2D eigenvalue weighted by molar-refractivity contribution is 0.613. The minimum atomic E-state index is 0.306. The Morgan fingerprint density at radius 2 is 2.11 bits per heavy atom. The fourth-order valence-electron chi connectivity index (χ4n) is 2.57. The van der Waals surface area contributed by atoms with E-state index >= 15 is 0 Å². The normalized spacial score (nSPS) is 18.2. The number of benzene rings is 1. The Labute approximate surface area is 117 Å². The summed E-state index contributed by atoms with van der Waals surface area (Å²) in [5.74, 6) is 0.694. The fourth-order valence-corrected chi connectivity index (χ4v) is 2.70. The number of para-hydroxylation sites is 1. The Morgan fingerprint density at radius 1 is 1.32 bits per heavy atom. The van der Waals surface area contributed by atoms with E-state index in [2.05, 4.69) is 40.0 Å². The molecule has 4 nitrogen and oxygen atoms in total. The molecular formula is C14H15ClN4. The summed E-state index contributed by atoms with van der Waals surface area (Å²) in [6.45, 7) is 2.17. The van der Waals surface area contributed by atoms with Crippen LogP contribution in [0.15, 0.2) is 30.6 Å². The van der Waals surface area contributed by atoms with Crippen molar-refractivity contribution >= 4 is 28.8 Å². The third-order valence-electron chi connectivity index (χ3n) is 3.57. The number of nitrogen functional groups attached to an aromatic ring is 1. The highest BCUT2D eigenvalue weighted by molar-refractivity contribution is 6.32. The first kappa shape index (κ1) is 12.2. The number of rotatable bonds is 1. The number of hydrogen-bond donors (Lipinski definition) is 1. The lowest BCUT2D eigenvalue weighted by Crippen LogP contribution is -2.34. The Bertz CT molecular complexity index is 614. The van der Waals surface area contributed by atoms with Crippen LogP contribution in [-0.4, -0.2) is 16.0 Å². The summed E-state index contributed by atoms with van der Waals surface area (Å²) in [5.41, 5.74) is 8.94. The summed E-state index contributed by atoms with van der Waals surface area (Å²) >= 11 is 6.01. The first-order valence-electron chi connectivity index (χ1n) is 6.31. The maximum atomic E-state index is 6.03. The van der Waals surface area contributed by atoms with Gasteiger partial charge in [0, 0.05) is 11.7 Å². The lowest BCUT2D eigenvalue weighted by atomic mass is 9.96. The SMILES string of the molecule is CC1CCc2ccccc2N1c1ncnc(Cl)c1N. The Kier molecular flexibility index (Phi) is 3.03. The van der Waals surface area contributed by atoms with Gasteiger partial charge in [-0.1, -0.05) is 29.8 Å². The first-order chi connectivity index (χ1) is 9.18. The van der Waals surface area contributed by atoms with Crippen LogP contribution in [0, 0.1) is 0 Å². The van der Waals surface area contributed by atoms with Crippen molar-refractivity contribution in [3.05, 3.63) is 41.3 Å². The summed E-state index contributed by atoms with van der Waals surface area (Å²) in [5, 5.41) is 0.306. The molecule has 0 saturated heterocycles. The number of nitrogens with zero attached hydrogens (tertiary/aromatic N) is 3. The van der Waals surface area contributed by atoms with Crippen LogP contribution in [0.3, 0.4) is 0 Å². The monoisotopic (exact) mass is 274 g/mol. The third-order valence-corrected chi connectivity index (χ3v) is 3.87. The highest BCUT2D eigenvalue weighted by atomic mass is 35.5. The van der Waals surface area contributed by atoms with Gasteiger partial charge in [0.05, 0.1) is 0 Å². The zero-order valence-corrected chi connectivity index (χ0v) is 11.4. The topological polar surface area (TPSA) is 55.0 Å². The molecule has 0 fully saturated rings. The third kappa shape index (κ3) is 2.02. The van der Waals surface area contributed by atoms with Crippen LogP contribution >= 0.6 is 11.6 Å². The van der Waals surface area contributed by atoms with Crippen molar-refractivity contribution in [1.82, 2.24) is 9.97 Å². The van der Waals surface area contributed by atoms with Crippen molar-refractivity contribution in [2.75, 3.05) is 10.6 Å². The predicted octanol–water partition coefficient (Wildman–Crippen LogP) is 3.19. The van der Waals surface area contributed by atoms with Gasteiger partial charge in [-0.25, -0.2) is 9.97 Å². The summed E-state index contributed by atoms with van der Waals surface area (Å²) in [6, 6.07) is 8.67. The van der Waals surface area contributed by atoms with Gasteiger partial charge in [-0.2, -0.15) is 0 Å². The average Bonchev–Trinajstić information content (AvgIpc) is 2.43. The van der Waals surface area contributed by atoms with E-state index in [0.29, 0.717) is 22.7 Å². The van der Waals surface area contributed by atoms with E-state index in [1.165, 1.54) is 11.9 Å². The molecule has 3 rings (SSSR count). The lowest BCUT2D eigenvalue weighted by Gasteiger charge is -2.36. The largest absolute Gasteiger partial charge is 0.393 e. The second-order valence-electron chi connectivity index (χ2n) is 4.79. The molecular weight excluding hydrogens is 260 g/mol. The van der Waals surface area contributed by atoms with E-state index in [1.54, 1.807) is 0 Å². The zero-order chi connectivity index (χ0) is 13.4. The number of nitrogens with two attached hydrogens (primary N) is 1. The van der Waals surface area contributed by atoms with Crippen LogP contribution in [0.1, 0.15) is 18.9 Å². The molecule has 0 aliphatic carbocycles. The second-order valence-corrected chi connectivity index (χ2v) is 5.15. The van der Waals surface area contributed by atoms with E-state index in [0.717, 1.165) is 18.5 Å². The fraction of sp³-hybridized carbons (Fsp3) is 0.286. The van der Waals surface area contributed by atoms with Gasteiger partial charge in [0.25, 0.3) is 0 Å². The van der Waals surface area contributed by atoms with Gasteiger partial charge in [0.15, 0.2) is 11.0 Å². The Balaban J connectivity index is 2.16. The summed E-state index contributed by atoms with van der Waals surface area (Å²) in [7, 11) is 0. The van der Waals surface area contributed by atoms with Gasteiger partial charge < -0.3 is 10.6 Å². The van der Waals surface area contributed by atoms with Crippen LogP contribution < -0.4 is 10.6 Å². The molecule has 0 amide bonds. The molecule has 1 aliphatic heterocycles. The Hall–Kier alpha value is -1.81. The standard InChI is InChI=1S/C14H15ClN4/c1-9-6-7-10-4-2-3-5-11(10)19(9)14-12(16)13(15)17-8-18-14/h2-5,8-9H,6-7,16H2,1H3. The van der Waals surface area contributed by atoms with Crippen LogP contribution in [0.5, 0.6) is 0 Å². The number of hydrogen-bond acceptors (Lipinski definition) is 4. The molecule has 1 atom stereocenters. The number of anilines is 3. The second kappa shape index (κ2) is 4.70. The highest BCUT2D eigenvalue weighted by Gasteiger charge is 2.27. The first-order valence-corrected chi connectivity index (χ1v) is 6.69. The summed E-state index contributed by atoms with van der Waals surface area (Å²) < 4.78 is 0. The molecule has 1 aromatic heterocycles. The van der Waals surface area contributed by atoms with E-state index in [1.807, 2.05) is 6.07 Å². The van der Waals surface area contributed by atoms with Crippen molar-refractivity contribution in [3.63, 3.8) is 0 Å². The predicted molar refractivity (Wildman–Crippen MR) is 77.8 cm³/mol. The molecule has 2 heterocycles. The quantitative estimate of drug-likeness (QED) is 0.812. The molecule has 2 aromatic rings. The maximum absolute atomic E-state index is 6.03. The molecule has 0 spiro atoms. The molecule has 0 radical (unpaired) electrons. The van der Waals surface area contributed by atoms with E-state index in [-0.39, 0.29) is 0 Å². The van der Waals surface area contributed by atoms with Crippen molar-refractivity contribution in [1.29, 1.82) is 0 Å². The van der Waals surface area contributed by atoms with Gasteiger partial charge in [0.2, 0.25) is 0 Å². The van der Waals surface area contributed by atoms with Crippen molar-refractivity contribution < 1.29 is 0 Å². The van der Waals surface area contributed by atoms with Gasteiger partial charge in [-0.05, 0) is 31.4 Å². The van der Waals surface area contributed by atoms with Crippen molar-refractivity contribution in [3.8, 4) is 0 Å². The zero-order valence-electron chi connectivity index (χ0n) is 10.7. The number of halogens is 1. The number of aryl methyl sites for hydroxylation is 1. The number of aromatic nitrogens is 2. The number of fused-ring (bicyclic) bond motifs is 1. The van der Waals surface area contributed by atoms with Crippen LogP contribution in [-0.2, 0) is 6.42 Å². The van der Waals surface area contributed by atoms with Gasteiger partial charge in [-0.15, -0.1) is 0 Å². The van der Waals surface area contributed by atoms with Crippen LogP contribution in [0.25, 0.3) is 0 Å². The summed E-state index contributed by atoms with van der Waals surface area (Å²) in [6.07, 6.45) is 3.60. The Morgan fingerprint density at radius 3 is 2.95 bits per heavy atom. The minimum absolute atomic E-state index is 0.306. The van der Waals surface area contributed by atoms with Gasteiger partial charge >= 0.3 is 0 Å². The van der Waals surface area contributed by atoms with Crippen molar-refractivity contribution in [2.45, 2.75) is 25.8 Å². The smallest absolute Gasteiger partial charge is 0.161 e. The molecule has 0 bridgehead atoms. The molecule has 1 unspecified atom stereocenters. The van der Waals surface area contributed by atoms with Gasteiger partial charge in [0.1, 0.15) is 12.0 Å².